The highest BCUT2D eigenvalue weighted by Crippen LogP contribution is 2.50. The molecular weight excluding hydrogens is 836 g/mol. The molecule has 17 nitrogen and oxygen atoms in total. The standard InChI is InChI=1S/C47H68O17/c1-10-11-12-13-14-15-39(51)62-43-31(22-41(53)58-9)21-34-25-37(28(2)48)61-42(54)24-32(50)23-35-26-38(59-29(3)49)45(6,7)46(55,63-35)27-36-19-30(20-40(52)57-8)18-33(60-36)16-17-44(4,5)47(43,56)64-34/h12-17,20,22,28,32-38,43,48,50,55-56H,10-11,18-19,21,23-27H2,1-9H3/b13-12+,15-14+,17-16+,30-20+,31-22+/t28-,32+,33-,34-,35+,36-,37+,38-,43-,46-,47+/m0/s1. The van der Waals surface area contributed by atoms with E-state index in [1.54, 1.807) is 45.9 Å². The van der Waals surface area contributed by atoms with Gasteiger partial charge in [0.05, 0.1) is 62.7 Å². The highest BCUT2D eigenvalue weighted by molar-refractivity contribution is 5.85. The van der Waals surface area contributed by atoms with Crippen molar-refractivity contribution in [3.63, 3.8) is 0 Å². The number of hydrogen-bond acceptors (Lipinski definition) is 17. The minimum Gasteiger partial charge on any atom is -0.466 e. The number of allylic oxidation sites excluding steroid dienone is 3. The fourth-order valence-corrected chi connectivity index (χ4v) is 8.57. The zero-order chi connectivity index (χ0) is 47.6. The maximum absolute atomic E-state index is 13.4. The van der Waals surface area contributed by atoms with Gasteiger partial charge >= 0.3 is 29.8 Å². The molecule has 0 aromatic heterocycles. The van der Waals surface area contributed by atoms with Gasteiger partial charge in [-0.15, -0.1) is 0 Å². The normalized spacial score (nSPS) is 35.8. The van der Waals surface area contributed by atoms with Crippen molar-refractivity contribution in [1.82, 2.24) is 0 Å². The van der Waals surface area contributed by atoms with E-state index in [2.05, 4.69) is 0 Å². The van der Waals surface area contributed by atoms with E-state index in [0.717, 1.165) is 32.1 Å². The van der Waals surface area contributed by atoms with Gasteiger partial charge in [-0.1, -0.05) is 77.0 Å². The molecule has 358 valence electrons. The number of aliphatic hydroxyl groups is 4. The quantitative estimate of drug-likeness (QED) is 0.0830. The number of cyclic esters (lactones) is 1. The molecule has 3 fully saturated rings. The van der Waals surface area contributed by atoms with Crippen molar-refractivity contribution >= 4 is 29.8 Å². The van der Waals surface area contributed by atoms with Crippen molar-refractivity contribution in [3.8, 4) is 0 Å². The van der Waals surface area contributed by atoms with Crippen molar-refractivity contribution in [3.05, 3.63) is 59.8 Å². The molecule has 0 spiro atoms. The van der Waals surface area contributed by atoms with Gasteiger partial charge in [-0.05, 0) is 38.2 Å². The van der Waals surface area contributed by atoms with Crippen molar-refractivity contribution in [2.75, 3.05) is 14.2 Å². The van der Waals surface area contributed by atoms with Gasteiger partial charge in [0.15, 0.2) is 11.9 Å². The van der Waals surface area contributed by atoms with Crippen LogP contribution >= 0.6 is 0 Å². The first-order chi connectivity index (χ1) is 29.9. The Morgan fingerprint density at radius 2 is 1.56 bits per heavy atom. The fraction of sp³-hybridized carbons (Fsp3) is 0.681. The number of unbranched alkanes of at least 4 members (excludes halogenated alkanes) is 1. The number of esters is 5. The van der Waals surface area contributed by atoms with Crippen LogP contribution in [0.5, 0.6) is 0 Å². The third-order valence-electron chi connectivity index (χ3n) is 12.4. The average Bonchev–Trinajstić information content (AvgIpc) is 3.19. The molecule has 4 aliphatic rings. The van der Waals surface area contributed by atoms with Crippen molar-refractivity contribution in [2.45, 2.75) is 179 Å². The number of methoxy groups -OCH3 is 2. The summed E-state index contributed by atoms with van der Waals surface area (Å²) >= 11 is 0. The van der Waals surface area contributed by atoms with Crippen molar-refractivity contribution in [2.24, 2.45) is 10.8 Å². The molecule has 0 radical (unpaired) electrons. The summed E-state index contributed by atoms with van der Waals surface area (Å²) in [5.41, 5.74) is -2.06. The third-order valence-corrected chi connectivity index (χ3v) is 12.4. The number of aliphatic hydroxyl groups excluding tert-OH is 2. The second kappa shape index (κ2) is 22.3. The Morgan fingerprint density at radius 1 is 0.875 bits per heavy atom. The summed E-state index contributed by atoms with van der Waals surface area (Å²) in [5, 5.41) is 47.5. The zero-order valence-electron chi connectivity index (χ0n) is 38.5. The fourth-order valence-electron chi connectivity index (χ4n) is 8.57. The van der Waals surface area contributed by atoms with Crippen LogP contribution in [0.15, 0.2) is 59.8 Å². The van der Waals surface area contributed by atoms with E-state index in [4.69, 9.17) is 37.9 Å². The zero-order valence-corrected chi connectivity index (χ0v) is 38.5. The first-order valence-corrected chi connectivity index (χ1v) is 21.9. The molecule has 11 atom stereocenters. The Balaban J connectivity index is 1.89. The molecule has 3 saturated heterocycles. The molecule has 6 bridgehead atoms. The molecule has 17 heteroatoms. The van der Waals surface area contributed by atoms with Crippen LogP contribution in [-0.4, -0.2) is 131 Å². The van der Waals surface area contributed by atoms with E-state index >= 15 is 0 Å². The molecule has 0 aromatic carbocycles. The van der Waals surface area contributed by atoms with Gasteiger partial charge in [0.25, 0.3) is 0 Å². The largest absolute Gasteiger partial charge is 0.466 e. The lowest BCUT2D eigenvalue weighted by atomic mass is 9.70. The van der Waals surface area contributed by atoms with E-state index < -0.39 is 114 Å². The van der Waals surface area contributed by atoms with Crippen LogP contribution in [0.1, 0.15) is 113 Å². The van der Waals surface area contributed by atoms with Gasteiger partial charge < -0.3 is 58.3 Å². The van der Waals surface area contributed by atoms with Crippen LogP contribution in [0.2, 0.25) is 0 Å². The summed E-state index contributed by atoms with van der Waals surface area (Å²) in [6, 6.07) is 0. The maximum atomic E-state index is 13.4. The van der Waals surface area contributed by atoms with Crippen LogP contribution in [0.25, 0.3) is 0 Å². The Bertz CT molecular complexity index is 1830. The molecular formula is C47H68O17. The van der Waals surface area contributed by atoms with E-state index in [1.807, 2.05) is 13.0 Å². The van der Waals surface area contributed by atoms with Gasteiger partial charge in [-0.3, -0.25) is 9.59 Å². The van der Waals surface area contributed by atoms with Crippen LogP contribution in [0, 0.1) is 10.8 Å². The van der Waals surface area contributed by atoms with Crippen LogP contribution in [0.4, 0.5) is 0 Å². The summed E-state index contributed by atoms with van der Waals surface area (Å²) in [5.74, 6) is -8.31. The lowest BCUT2D eigenvalue weighted by Gasteiger charge is -2.53. The smallest absolute Gasteiger partial charge is 0.331 e. The number of ether oxygens (including phenoxy) is 8. The SMILES string of the molecule is CCC/C=C/C=C/C(=O)O[C@H]1/C(=C/C(=O)OC)C[C@H]2C[C@H]([C@H](C)O)OC(=O)C[C@H](O)C[C@@H]3C[C@H](OC(C)=O)C(C)(C)[C@](O)(C[C@@H]4C/C(=C/C(=O)OC)C[C@H](/C=C/C(C)(C)[C@]1(O)O2)O4)O3. The molecule has 4 N–H and O–H groups in total. The van der Waals surface area contributed by atoms with E-state index in [1.165, 1.54) is 33.1 Å². The Hall–Kier alpha value is -4.23. The topological polar surface area (TPSA) is 240 Å². The first-order valence-electron chi connectivity index (χ1n) is 21.9. The van der Waals surface area contributed by atoms with Gasteiger partial charge in [0.1, 0.15) is 12.2 Å². The molecule has 4 aliphatic heterocycles. The monoisotopic (exact) mass is 904 g/mol. The summed E-state index contributed by atoms with van der Waals surface area (Å²) in [4.78, 5) is 64.7. The molecule has 4 heterocycles. The summed E-state index contributed by atoms with van der Waals surface area (Å²) in [7, 11) is 2.40. The number of carbonyl (C=O) groups excluding carboxylic acids is 5. The number of hydrogen-bond donors (Lipinski definition) is 4. The summed E-state index contributed by atoms with van der Waals surface area (Å²) in [6.45, 7) is 11.2. The number of fused-ring (bicyclic) bond motifs is 6. The Labute approximate surface area is 375 Å². The van der Waals surface area contributed by atoms with E-state index in [9.17, 15) is 44.4 Å². The van der Waals surface area contributed by atoms with Gasteiger partial charge in [0.2, 0.25) is 5.79 Å². The average molecular weight is 905 g/mol. The Morgan fingerprint density at radius 3 is 2.20 bits per heavy atom. The highest BCUT2D eigenvalue weighted by atomic mass is 16.7. The molecule has 4 rings (SSSR count). The minimum atomic E-state index is -2.47. The van der Waals surface area contributed by atoms with E-state index in [-0.39, 0.29) is 50.5 Å². The predicted molar refractivity (Wildman–Crippen MR) is 228 cm³/mol. The van der Waals surface area contributed by atoms with Gasteiger partial charge in [-0.2, -0.15) is 0 Å². The lowest BCUT2D eigenvalue weighted by Crippen LogP contribution is -2.62. The number of carbonyl (C=O) groups is 5. The van der Waals surface area contributed by atoms with Crippen LogP contribution in [0.3, 0.4) is 0 Å². The lowest BCUT2D eigenvalue weighted by molar-refractivity contribution is -0.348. The van der Waals surface area contributed by atoms with Crippen molar-refractivity contribution < 1.29 is 82.3 Å². The molecule has 64 heavy (non-hydrogen) atoms. The number of rotatable bonds is 9. The minimum absolute atomic E-state index is 0.0721. The molecule has 0 unspecified atom stereocenters. The predicted octanol–water partition coefficient (Wildman–Crippen LogP) is 4.28. The second-order valence-corrected chi connectivity index (χ2v) is 18.3. The Kier molecular flexibility index (Phi) is 18.3. The molecule has 0 saturated carbocycles. The summed E-state index contributed by atoms with van der Waals surface area (Å²) in [6.07, 6.45) is 2.55. The van der Waals surface area contributed by atoms with Gasteiger partial charge in [0, 0.05) is 56.3 Å². The van der Waals surface area contributed by atoms with Crippen LogP contribution < -0.4 is 0 Å². The maximum Gasteiger partial charge on any atom is 0.331 e. The molecule has 0 amide bonds. The van der Waals surface area contributed by atoms with Gasteiger partial charge in [-0.25, -0.2) is 14.4 Å². The molecule has 0 aromatic rings. The second-order valence-electron chi connectivity index (χ2n) is 18.3. The third kappa shape index (κ3) is 13.4. The van der Waals surface area contributed by atoms with Crippen molar-refractivity contribution in [1.29, 1.82) is 0 Å². The molecule has 0 aliphatic carbocycles. The highest BCUT2D eigenvalue weighted by Gasteiger charge is 2.59. The van der Waals surface area contributed by atoms with Crippen LogP contribution in [-0.2, 0) is 61.9 Å². The van der Waals surface area contributed by atoms with E-state index in [0.29, 0.717) is 5.57 Å². The summed E-state index contributed by atoms with van der Waals surface area (Å²) < 4.78 is 46.7. The first kappa shape index (κ1) is 52.4.